The highest BCUT2D eigenvalue weighted by Crippen LogP contribution is 2.25. The molecule has 1 aliphatic heterocycles. The first-order valence-corrected chi connectivity index (χ1v) is 9.97. The number of anilines is 1. The number of amides is 2. The molecule has 0 saturated heterocycles. The normalized spacial score (nSPS) is 15.4. The highest BCUT2D eigenvalue weighted by molar-refractivity contribution is 6.30. The molecule has 0 bridgehead atoms. The van der Waals surface area contributed by atoms with Crippen LogP contribution in [0.25, 0.3) is 0 Å². The second-order valence-corrected chi connectivity index (χ2v) is 7.52. The lowest BCUT2D eigenvalue weighted by Crippen LogP contribution is -2.31. The van der Waals surface area contributed by atoms with Gasteiger partial charge in [-0.3, -0.25) is 0 Å². The molecule has 0 saturated carbocycles. The van der Waals surface area contributed by atoms with Gasteiger partial charge in [-0.2, -0.15) is 10.4 Å². The fraction of sp³-hybridized carbons (Fsp3) is 0.125. The summed E-state index contributed by atoms with van der Waals surface area (Å²) in [5.74, 6) is 0.0697. The highest BCUT2D eigenvalue weighted by atomic mass is 35.5. The molecule has 5 nitrogen and oxygen atoms in total. The molecule has 0 aliphatic carbocycles. The molecule has 1 aliphatic rings. The zero-order valence-electron chi connectivity index (χ0n) is 16.1. The molecule has 1 heterocycles. The summed E-state index contributed by atoms with van der Waals surface area (Å²) < 4.78 is 0. The fourth-order valence-corrected chi connectivity index (χ4v) is 3.59. The van der Waals surface area contributed by atoms with E-state index in [1.54, 1.807) is 24.3 Å². The highest BCUT2D eigenvalue weighted by Gasteiger charge is 2.31. The Morgan fingerprint density at radius 3 is 2.43 bits per heavy atom. The first kappa shape index (κ1) is 19.7. The quantitative estimate of drug-likeness (QED) is 0.627. The van der Waals surface area contributed by atoms with Crippen LogP contribution in [-0.4, -0.2) is 23.3 Å². The van der Waals surface area contributed by atoms with Crippen molar-refractivity contribution < 1.29 is 4.79 Å². The minimum absolute atomic E-state index is 0.0697. The van der Waals surface area contributed by atoms with E-state index in [1.807, 2.05) is 42.5 Å². The maximum Gasteiger partial charge on any atom is 0.342 e. The molecule has 1 unspecified atom stereocenters. The summed E-state index contributed by atoms with van der Waals surface area (Å²) in [7, 11) is 0. The number of nitrogens with one attached hydrogen (secondary N) is 1. The molecule has 2 amide bonds. The number of hydrogen-bond donors (Lipinski definition) is 1. The Balaban J connectivity index is 1.56. The van der Waals surface area contributed by atoms with E-state index in [1.165, 1.54) is 10.6 Å². The molecule has 3 aromatic rings. The van der Waals surface area contributed by atoms with Crippen LogP contribution in [0.1, 0.15) is 16.7 Å². The van der Waals surface area contributed by atoms with Crippen LogP contribution < -0.4 is 5.32 Å². The van der Waals surface area contributed by atoms with Crippen molar-refractivity contribution >= 4 is 29.0 Å². The van der Waals surface area contributed by atoms with E-state index in [4.69, 9.17) is 16.9 Å². The molecular formula is C24H19ClN4O. The fourth-order valence-electron chi connectivity index (χ4n) is 3.47. The van der Waals surface area contributed by atoms with Gasteiger partial charge in [-0.1, -0.05) is 54.1 Å². The lowest BCUT2D eigenvalue weighted by Gasteiger charge is -2.16. The van der Waals surface area contributed by atoms with Crippen molar-refractivity contribution in [3.8, 4) is 6.07 Å². The molecule has 148 valence electrons. The van der Waals surface area contributed by atoms with Crippen molar-refractivity contribution in [1.82, 2.24) is 5.01 Å². The zero-order chi connectivity index (χ0) is 20.9. The van der Waals surface area contributed by atoms with Gasteiger partial charge in [0.25, 0.3) is 0 Å². The van der Waals surface area contributed by atoms with Crippen molar-refractivity contribution in [1.29, 1.82) is 5.26 Å². The number of benzene rings is 3. The summed E-state index contributed by atoms with van der Waals surface area (Å²) >= 11 is 6.04. The van der Waals surface area contributed by atoms with Crippen molar-refractivity contribution in [3.05, 3.63) is 101 Å². The van der Waals surface area contributed by atoms with Crippen molar-refractivity contribution in [2.24, 2.45) is 11.0 Å². The van der Waals surface area contributed by atoms with Gasteiger partial charge in [-0.25, -0.2) is 9.80 Å². The molecule has 6 heteroatoms. The molecule has 3 aromatic carbocycles. The molecule has 0 radical (unpaired) electrons. The number of carbonyl (C=O) groups excluding carboxylic acids is 1. The van der Waals surface area contributed by atoms with Crippen LogP contribution in [0.5, 0.6) is 0 Å². The standard InChI is InChI=1S/C24H19ClN4O/c25-21-10-8-19(9-11-21)23-20(14-17-4-2-1-3-5-17)16-29(28-23)24(30)27-22-12-6-18(15-26)7-13-22/h1-13,20H,14,16H2,(H,27,30). The molecular weight excluding hydrogens is 396 g/mol. The van der Waals surface area contributed by atoms with Crippen LogP contribution >= 0.6 is 11.6 Å². The van der Waals surface area contributed by atoms with E-state index >= 15 is 0 Å². The first-order valence-electron chi connectivity index (χ1n) is 9.59. The van der Waals surface area contributed by atoms with Gasteiger partial charge in [0.1, 0.15) is 0 Å². The van der Waals surface area contributed by atoms with Gasteiger partial charge >= 0.3 is 6.03 Å². The smallest absolute Gasteiger partial charge is 0.306 e. The first-order chi connectivity index (χ1) is 14.6. The predicted octanol–water partition coefficient (Wildman–Crippen LogP) is 5.32. The zero-order valence-corrected chi connectivity index (χ0v) is 16.9. The molecule has 0 spiro atoms. The van der Waals surface area contributed by atoms with Gasteiger partial charge < -0.3 is 5.32 Å². The van der Waals surface area contributed by atoms with E-state index in [0.29, 0.717) is 22.8 Å². The number of hydrazone groups is 1. The van der Waals surface area contributed by atoms with Gasteiger partial charge in [-0.05, 0) is 53.9 Å². The summed E-state index contributed by atoms with van der Waals surface area (Å²) in [5, 5.41) is 18.5. The molecule has 1 N–H and O–H groups in total. The van der Waals surface area contributed by atoms with Gasteiger partial charge in [0, 0.05) is 16.6 Å². The molecule has 1 atom stereocenters. The Morgan fingerprint density at radius 1 is 1.07 bits per heavy atom. The number of hydrogen-bond acceptors (Lipinski definition) is 3. The summed E-state index contributed by atoms with van der Waals surface area (Å²) in [5.41, 5.74) is 4.17. The number of nitrogens with zero attached hydrogens (tertiary/aromatic N) is 3. The van der Waals surface area contributed by atoms with Crippen LogP contribution in [-0.2, 0) is 6.42 Å². The van der Waals surface area contributed by atoms with E-state index in [0.717, 1.165) is 17.7 Å². The Bertz CT molecular complexity index is 1100. The van der Waals surface area contributed by atoms with Crippen LogP contribution in [0.15, 0.2) is 84.0 Å². The summed E-state index contributed by atoms with van der Waals surface area (Å²) in [6.07, 6.45) is 0.781. The average Bonchev–Trinajstić information content (AvgIpc) is 3.19. The molecule has 4 rings (SSSR count). The lowest BCUT2D eigenvalue weighted by atomic mass is 9.91. The largest absolute Gasteiger partial charge is 0.342 e. The van der Waals surface area contributed by atoms with Crippen molar-refractivity contribution in [3.63, 3.8) is 0 Å². The molecule has 30 heavy (non-hydrogen) atoms. The van der Waals surface area contributed by atoms with Crippen LogP contribution in [0.2, 0.25) is 5.02 Å². The van der Waals surface area contributed by atoms with Crippen LogP contribution in [0, 0.1) is 17.2 Å². The summed E-state index contributed by atoms with van der Waals surface area (Å²) in [4.78, 5) is 12.8. The Hall–Kier alpha value is -3.62. The van der Waals surface area contributed by atoms with Gasteiger partial charge in [0.2, 0.25) is 0 Å². The predicted molar refractivity (Wildman–Crippen MR) is 119 cm³/mol. The van der Waals surface area contributed by atoms with Crippen LogP contribution in [0.4, 0.5) is 10.5 Å². The number of urea groups is 1. The third-order valence-electron chi connectivity index (χ3n) is 4.97. The minimum atomic E-state index is -0.304. The Kier molecular flexibility index (Phi) is 5.78. The van der Waals surface area contributed by atoms with Gasteiger partial charge in [-0.15, -0.1) is 0 Å². The lowest BCUT2D eigenvalue weighted by molar-refractivity contribution is 0.215. The minimum Gasteiger partial charge on any atom is -0.306 e. The molecule has 0 aromatic heterocycles. The SMILES string of the molecule is N#Cc1ccc(NC(=O)N2CC(Cc3ccccc3)C(c3ccc(Cl)cc3)=N2)cc1. The summed E-state index contributed by atoms with van der Waals surface area (Å²) in [6.45, 7) is 0.481. The van der Waals surface area contributed by atoms with Crippen molar-refractivity contribution in [2.75, 3.05) is 11.9 Å². The van der Waals surface area contributed by atoms with E-state index in [-0.39, 0.29) is 11.9 Å². The topological polar surface area (TPSA) is 68.5 Å². The van der Waals surface area contributed by atoms with Crippen LogP contribution in [0.3, 0.4) is 0 Å². The second-order valence-electron chi connectivity index (χ2n) is 7.08. The average molecular weight is 415 g/mol. The van der Waals surface area contributed by atoms with Gasteiger partial charge in [0.05, 0.1) is 23.9 Å². The molecule has 0 fully saturated rings. The Morgan fingerprint density at radius 2 is 1.77 bits per heavy atom. The monoisotopic (exact) mass is 414 g/mol. The van der Waals surface area contributed by atoms with E-state index in [2.05, 4.69) is 28.6 Å². The number of halogens is 1. The van der Waals surface area contributed by atoms with E-state index < -0.39 is 0 Å². The third-order valence-corrected chi connectivity index (χ3v) is 5.23. The third kappa shape index (κ3) is 4.51. The second kappa shape index (κ2) is 8.81. The number of rotatable bonds is 4. The van der Waals surface area contributed by atoms with Gasteiger partial charge in [0.15, 0.2) is 0 Å². The number of carbonyl (C=O) groups is 1. The Labute approximate surface area is 180 Å². The maximum atomic E-state index is 12.8. The number of nitriles is 1. The summed E-state index contributed by atoms with van der Waals surface area (Å²) in [6, 6.07) is 26.2. The van der Waals surface area contributed by atoms with Crippen molar-refractivity contribution in [2.45, 2.75) is 6.42 Å². The van der Waals surface area contributed by atoms with E-state index in [9.17, 15) is 4.79 Å². The maximum absolute atomic E-state index is 12.8.